The van der Waals surface area contributed by atoms with E-state index < -0.39 is 66.9 Å². The summed E-state index contributed by atoms with van der Waals surface area (Å²) in [6.45, 7) is -0.646. The number of nitrogens with two attached hydrogens (primary N) is 1. The number of amides is 3. The summed E-state index contributed by atoms with van der Waals surface area (Å²) in [5.74, 6) is -5.26. The van der Waals surface area contributed by atoms with Crippen molar-refractivity contribution in [2.75, 3.05) is 24.4 Å². The van der Waals surface area contributed by atoms with E-state index in [1.165, 1.54) is 11.8 Å². The van der Waals surface area contributed by atoms with Crippen LogP contribution in [0.1, 0.15) is 12.8 Å². The van der Waals surface area contributed by atoms with Gasteiger partial charge in [-0.25, -0.2) is 4.79 Å². The Morgan fingerprint density at radius 2 is 1.48 bits per heavy atom. The standard InChI is InChI=1S/C15H26N4O8S2/c1-29-3-2-8(17-12(23)7(16)5-20)13(24)18-9(4-11(21)22)14(25)19-10(6-28)15(26)27/h7-10,20,28H,2-6,16H2,1H3,(H,17,23)(H,18,24)(H,19,25)(H,21,22)(H,26,27). The van der Waals surface area contributed by atoms with Gasteiger partial charge in [-0.3, -0.25) is 19.2 Å². The Bertz CT molecular complexity index is 607. The topological polar surface area (TPSA) is 208 Å². The van der Waals surface area contributed by atoms with Crippen LogP contribution in [0.15, 0.2) is 0 Å². The van der Waals surface area contributed by atoms with Gasteiger partial charge >= 0.3 is 11.9 Å². The van der Waals surface area contributed by atoms with Crippen molar-refractivity contribution < 1.29 is 39.3 Å². The molecule has 4 unspecified atom stereocenters. The summed E-state index contributed by atoms with van der Waals surface area (Å²) in [5, 5.41) is 33.5. The van der Waals surface area contributed by atoms with E-state index in [1.807, 2.05) is 0 Å². The third-order valence-corrected chi connectivity index (χ3v) is 4.60. The highest BCUT2D eigenvalue weighted by Crippen LogP contribution is 2.04. The first-order valence-electron chi connectivity index (χ1n) is 8.39. The molecular formula is C15H26N4O8S2. The number of carbonyl (C=O) groups excluding carboxylic acids is 3. The second-order valence-electron chi connectivity index (χ2n) is 5.87. The van der Waals surface area contributed by atoms with Gasteiger partial charge in [0.1, 0.15) is 24.2 Å². The summed E-state index contributed by atoms with van der Waals surface area (Å²) in [6, 6.07) is -5.36. The van der Waals surface area contributed by atoms with Gasteiger partial charge in [-0.05, 0) is 18.4 Å². The normalized spacial score (nSPS) is 14.8. The van der Waals surface area contributed by atoms with Gasteiger partial charge in [-0.15, -0.1) is 0 Å². The van der Waals surface area contributed by atoms with E-state index in [2.05, 4.69) is 28.6 Å². The van der Waals surface area contributed by atoms with Crippen molar-refractivity contribution >= 4 is 54.1 Å². The van der Waals surface area contributed by atoms with Gasteiger partial charge in [-0.1, -0.05) is 0 Å². The molecule has 0 radical (unpaired) electrons. The third kappa shape index (κ3) is 10.3. The van der Waals surface area contributed by atoms with Crippen molar-refractivity contribution in [1.29, 1.82) is 0 Å². The summed E-state index contributed by atoms with van der Waals surface area (Å²) in [5.41, 5.74) is 5.40. The van der Waals surface area contributed by atoms with Crippen molar-refractivity contribution in [3.63, 3.8) is 0 Å². The van der Waals surface area contributed by atoms with E-state index in [9.17, 15) is 24.0 Å². The van der Waals surface area contributed by atoms with Crippen LogP contribution in [0.25, 0.3) is 0 Å². The van der Waals surface area contributed by atoms with Crippen molar-refractivity contribution in [3.8, 4) is 0 Å². The molecule has 0 saturated heterocycles. The number of thiol groups is 1. The number of hydrogen-bond acceptors (Lipinski definition) is 9. The fourth-order valence-electron chi connectivity index (χ4n) is 1.98. The van der Waals surface area contributed by atoms with Crippen LogP contribution in [0.5, 0.6) is 0 Å². The molecule has 29 heavy (non-hydrogen) atoms. The lowest BCUT2D eigenvalue weighted by Crippen LogP contribution is -2.58. The first-order valence-corrected chi connectivity index (χ1v) is 10.4. The first kappa shape index (κ1) is 27.0. The number of carbonyl (C=O) groups is 5. The molecule has 0 aliphatic carbocycles. The number of aliphatic hydroxyl groups is 1. The minimum atomic E-state index is -1.58. The Hall–Kier alpha value is -2.03. The molecule has 14 heteroatoms. The molecule has 0 heterocycles. The van der Waals surface area contributed by atoms with E-state index in [4.69, 9.17) is 21.1 Å². The summed E-state index contributed by atoms with van der Waals surface area (Å²) in [4.78, 5) is 58.8. The number of nitrogens with one attached hydrogen (secondary N) is 3. The Morgan fingerprint density at radius 1 is 0.966 bits per heavy atom. The minimum absolute atomic E-state index is 0.146. The maximum absolute atomic E-state index is 12.5. The molecule has 12 nitrogen and oxygen atoms in total. The molecule has 0 aromatic carbocycles. The second kappa shape index (κ2) is 14.0. The number of carboxylic acid groups (broad SMARTS) is 2. The van der Waals surface area contributed by atoms with E-state index in [0.29, 0.717) is 5.75 Å². The molecule has 8 N–H and O–H groups in total. The second-order valence-corrected chi connectivity index (χ2v) is 7.22. The lowest BCUT2D eigenvalue weighted by Gasteiger charge is -2.24. The molecule has 0 fully saturated rings. The number of hydrogen-bond donors (Lipinski definition) is 8. The average molecular weight is 455 g/mol. The molecule has 0 aromatic rings. The fourth-order valence-corrected chi connectivity index (χ4v) is 2.70. The SMILES string of the molecule is CSCCC(NC(=O)C(N)CO)C(=O)NC(CC(=O)O)C(=O)NC(CS)C(=O)O. The first-order chi connectivity index (χ1) is 13.6. The molecule has 0 bridgehead atoms. The zero-order chi connectivity index (χ0) is 22.6. The Kier molecular flexibility index (Phi) is 13.0. The molecule has 0 saturated carbocycles. The number of rotatable bonds is 14. The number of carboxylic acids is 2. The van der Waals surface area contributed by atoms with Crippen LogP contribution in [0.2, 0.25) is 0 Å². The van der Waals surface area contributed by atoms with Gasteiger partial charge in [0.15, 0.2) is 0 Å². The van der Waals surface area contributed by atoms with Gasteiger partial charge in [0.25, 0.3) is 0 Å². The molecule has 0 spiro atoms. The van der Waals surface area contributed by atoms with Crippen molar-refractivity contribution in [1.82, 2.24) is 16.0 Å². The van der Waals surface area contributed by atoms with Gasteiger partial charge < -0.3 is 37.0 Å². The largest absolute Gasteiger partial charge is 0.481 e. The molecule has 3 amide bonds. The van der Waals surface area contributed by atoms with E-state index >= 15 is 0 Å². The van der Waals surface area contributed by atoms with Crippen LogP contribution in [0, 0.1) is 0 Å². The highest BCUT2D eigenvalue weighted by molar-refractivity contribution is 7.98. The van der Waals surface area contributed by atoms with Crippen LogP contribution < -0.4 is 21.7 Å². The molecule has 0 aliphatic heterocycles. The Morgan fingerprint density at radius 3 is 1.93 bits per heavy atom. The summed E-state index contributed by atoms with van der Waals surface area (Å²) < 4.78 is 0. The van der Waals surface area contributed by atoms with Gasteiger partial charge in [-0.2, -0.15) is 24.4 Å². The maximum atomic E-state index is 12.5. The molecule has 0 rings (SSSR count). The van der Waals surface area contributed by atoms with Crippen molar-refractivity contribution in [2.45, 2.75) is 37.0 Å². The van der Waals surface area contributed by atoms with Gasteiger partial charge in [0.05, 0.1) is 13.0 Å². The van der Waals surface area contributed by atoms with E-state index in [1.54, 1.807) is 6.26 Å². The van der Waals surface area contributed by atoms with Crippen LogP contribution >= 0.6 is 24.4 Å². The van der Waals surface area contributed by atoms with Crippen molar-refractivity contribution in [2.24, 2.45) is 5.73 Å². The summed E-state index contributed by atoms with van der Waals surface area (Å²) in [7, 11) is 0. The molecular weight excluding hydrogens is 428 g/mol. The highest BCUT2D eigenvalue weighted by atomic mass is 32.2. The minimum Gasteiger partial charge on any atom is -0.481 e. The quantitative estimate of drug-likeness (QED) is 0.125. The van der Waals surface area contributed by atoms with E-state index in [0.717, 1.165) is 0 Å². The number of aliphatic carboxylic acids is 2. The monoisotopic (exact) mass is 454 g/mol. The zero-order valence-corrected chi connectivity index (χ0v) is 17.4. The predicted molar refractivity (Wildman–Crippen MR) is 108 cm³/mol. The number of thioether (sulfide) groups is 1. The van der Waals surface area contributed by atoms with Crippen LogP contribution in [-0.4, -0.2) is 93.5 Å². The highest BCUT2D eigenvalue weighted by Gasteiger charge is 2.31. The van der Waals surface area contributed by atoms with Crippen LogP contribution in [0.3, 0.4) is 0 Å². The van der Waals surface area contributed by atoms with Crippen LogP contribution in [0.4, 0.5) is 0 Å². The maximum Gasteiger partial charge on any atom is 0.327 e. The predicted octanol–water partition coefficient (Wildman–Crippen LogP) is -3.00. The molecule has 166 valence electrons. The van der Waals surface area contributed by atoms with Gasteiger partial charge in [0.2, 0.25) is 17.7 Å². The summed E-state index contributed by atoms with van der Waals surface area (Å²) >= 11 is 5.17. The lowest BCUT2D eigenvalue weighted by atomic mass is 10.1. The van der Waals surface area contributed by atoms with Crippen LogP contribution in [-0.2, 0) is 24.0 Å². The van der Waals surface area contributed by atoms with Gasteiger partial charge in [0, 0.05) is 5.75 Å². The fraction of sp³-hybridized carbons (Fsp3) is 0.667. The summed E-state index contributed by atoms with van der Waals surface area (Å²) in [6.07, 6.45) is 1.10. The molecule has 0 aromatic heterocycles. The molecule has 4 atom stereocenters. The van der Waals surface area contributed by atoms with E-state index in [-0.39, 0.29) is 12.2 Å². The molecule has 0 aliphatic rings. The average Bonchev–Trinajstić information content (AvgIpc) is 2.66. The van der Waals surface area contributed by atoms with Crippen molar-refractivity contribution in [3.05, 3.63) is 0 Å². The third-order valence-electron chi connectivity index (χ3n) is 3.59. The zero-order valence-electron chi connectivity index (χ0n) is 15.7. The smallest absolute Gasteiger partial charge is 0.327 e. The Balaban J connectivity index is 5.34. The Labute approximate surface area is 176 Å². The number of aliphatic hydroxyl groups excluding tert-OH is 1. The lowest BCUT2D eigenvalue weighted by molar-refractivity contribution is -0.143.